The molecule has 136 valence electrons. The number of nitrogens with zero attached hydrogens (tertiary/aromatic N) is 2. The van der Waals surface area contributed by atoms with Crippen molar-refractivity contribution in [3.63, 3.8) is 0 Å². The zero-order valence-electron chi connectivity index (χ0n) is 14.5. The van der Waals surface area contributed by atoms with Crippen molar-refractivity contribution in [1.29, 1.82) is 0 Å². The molecule has 0 fully saturated rings. The van der Waals surface area contributed by atoms with Gasteiger partial charge in [0.15, 0.2) is 5.96 Å². The quantitative estimate of drug-likeness (QED) is 0.284. The first-order valence-corrected chi connectivity index (χ1v) is 8.04. The molecule has 0 radical (unpaired) electrons. The second-order valence-electron chi connectivity index (χ2n) is 5.27. The molecule has 2 rings (SSSR count). The molecule has 1 aromatic heterocycles. The van der Waals surface area contributed by atoms with Crippen LogP contribution in [0.15, 0.2) is 47.6 Å². The van der Waals surface area contributed by atoms with Crippen LogP contribution in [-0.2, 0) is 6.54 Å². The van der Waals surface area contributed by atoms with E-state index in [0.717, 1.165) is 30.9 Å². The summed E-state index contributed by atoms with van der Waals surface area (Å²) in [4.78, 5) is 8.41. The molecule has 7 heteroatoms. The second-order valence-corrected chi connectivity index (χ2v) is 5.27. The third kappa shape index (κ3) is 7.68. The molecule has 0 saturated heterocycles. The molecule has 0 aliphatic rings. The summed E-state index contributed by atoms with van der Waals surface area (Å²) in [6.45, 7) is 3.66. The van der Waals surface area contributed by atoms with Crippen molar-refractivity contribution < 1.29 is 9.13 Å². The Labute approximate surface area is 165 Å². The Balaban J connectivity index is 0.00000312. The zero-order valence-corrected chi connectivity index (χ0v) is 16.8. The van der Waals surface area contributed by atoms with E-state index in [1.807, 2.05) is 6.07 Å². The molecule has 2 N–H and O–H groups in total. The lowest BCUT2D eigenvalue weighted by Crippen LogP contribution is -2.37. The summed E-state index contributed by atoms with van der Waals surface area (Å²) in [5.41, 5.74) is 1.00. The van der Waals surface area contributed by atoms with Crippen molar-refractivity contribution in [2.75, 3.05) is 13.6 Å². The fourth-order valence-corrected chi connectivity index (χ4v) is 2.02. The van der Waals surface area contributed by atoms with Gasteiger partial charge in [0.05, 0.1) is 0 Å². The monoisotopic (exact) mass is 458 g/mol. The molecular formula is C18H24FIN4O. The van der Waals surface area contributed by atoms with Gasteiger partial charge < -0.3 is 15.4 Å². The number of ether oxygens (including phenoxy) is 1. The SMILES string of the molecule is CCCCNC(=NC)NCc1ccc(Oc2cccc(F)c2)nc1.I. The number of hydrogen-bond acceptors (Lipinski definition) is 3. The van der Waals surface area contributed by atoms with Crippen LogP contribution in [0.3, 0.4) is 0 Å². The van der Waals surface area contributed by atoms with E-state index in [1.54, 1.807) is 31.4 Å². The minimum atomic E-state index is -0.338. The summed E-state index contributed by atoms with van der Waals surface area (Å²) < 4.78 is 18.6. The lowest BCUT2D eigenvalue weighted by molar-refractivity contribution is 0.457. The minimum absolute atomic E-state index is 0. The number of pyridine rings is 1. The maximum atomic E-state index is 13.1. The van der Waals surface area contributed by atoms with Crippen molar-refractivity contribution in [3.8, 4) is 11.6 Å². The Kier molecular flexibility index (Phi) is 9.83. The van der Waals surface area contributed by atoms with E-state index < -0.39 is 0 Å². The maximum Gasteiger partial charge on any atom is 0.219 e. The number of aromatic nitrogens is 1. The fraction of sp³-hybridized carbons (Fsp3) is 0.333. The van der Waals surface area contributed by atoms with Gasteiger partial charge in [-0.3, -0.25) is 4.99 Å². The Bertz CT molecular complexity index is 664. The molecule has 2 aromatic rings. The van der Waals surface area contributed by atoms with E-state index in [9.17, 15) is 4.39 Å². The molecule has 0 bridgehead atoms. The van der Waals surface area contributed by atoms with E-state index >= 15 is 0 Å². The van der Waals surface area contributed by atoms with Gasteiger partial charge in [-0.05, 0) is 24.1 Å². The lowest BCUT2D eigenvalue weighted by Gasteiger charge is -2.11. The average molecular weight is 458 g/mol. The fourth-order valence-electron chi connectivity index (χ4n) is 2.02. The van der Waals surface area contributed by atoms with Gasteiger partial charge in [0, 0.05) is 38.5 Å². The number of benzene rings is 1. The standard InChI is InChI=1S/C18H23FN4O.HI/c1-3-4-10-21-18(20-2)23-13-14-8-9-17(22-12-14)24-16-7-5-6-15(19)11-16;/h5-9,11-12H,3-4,10,13H2,1-2H3,(H2,20,21,23);1H. The summed E-state index contributed by atoms with van der Waals surface area (Å²) in [7, 11) is 1.75. The smallest absolute Gasteiger partial charge is 0.219 e. The zero-order chi connectivity index (χ0) is 17.2. The van der Waals surface area contributed by atoms with Crippen molar-refractivity contribution in [1.82, 2.24) is 15.6 Å². The molecule has 0 saturated carbocycles. The molecule has 0 amide bonds. The molecule has 0 spiro atoms. The van der Waals surface area contributed by atoms with Crippen molar-refractivity contribution in [2.45, 2.75) is 26.3 Å². The first-order chi connectivity index (χ1) is 11.7. The minimum Gasteiger partial charge on any atom is -0.439 e. The third-order valence-electron chi connectivity index (χ3n) is 3.32. The maximum absolute atomic E-state index is 13.1. The number of rotatable bonds is 7. The number of halogens is 2. The van der Waals surface area contributed by atoms with Gasteiger partial charge in [0.25, 0.3) is 0 Å². The van der Waals surface area contributed by atoms with Gasteiger partial charge in [0.2, 0.25) is 5.88 Å². The summed E-state index contributed by atoms with van der Waals surface area (Å²) in [5.74, 6) is 1.28. The number of guanidine groups is 1. The van der Waals surface area contributed by atoms with Crippen LogP contribution in [0.4, 0.5) is 4.39 Å². The molecule has 1 heterocycles. The predicted octanol–water partition coefficient (Wildman–Crippen LogP) is 4.10. The third-order valence-corrected chi connectivity index (χ3v) is 3.32. The average Bonchev–Trinajstić information content (AvgIpc) is 2.59. The van der Waals surface area contributed by atoms with Crippen LogP contribution in [0.2, 0.25) is 0 Å². The highest BCUT2D eigenvalue weighted by Gasteiger charge is 2.02. The lowest BCUT2D eigenvalue weighted by atomic mass is 10.3. The largest absolute Gasteiger partial charge is 0.439 e. The van der Waals surface area contributed by atoms with Crippen LogP contribution < -0.4 is 15.4 Å². The van der Waals surface area contributed by atoms with Crippen LogP contribution in [0.25, 0.3) is 0 Å². The van der Waals surface area contributed by atoms with E-state index in [4.69, 9.17) is 4.74 Å². The van der Waals surface area contributed by atoms with E-state index in [2.05, 4.69) is 27.5 Å². The first-order valence-electron chi connectivity index (χ1n) is 8.04. The van der Waals surface area contributed by atoms with Gasteiger partial charge in [-0.15, -0.1) is 24.0 Å². The van der Waals surface area contributed by atoms with Crippen LogP contribution in [0.5, 0.6) is 11.6 Å². The number of unbranched alkanes of at least 4 members (excludes halogenated alkanes) is 1. The number of hydrogen-bond donors (Lipinski definition) is 2. The summed E-state index contributed by atoms with van der Waals surface area (Å²) in [6, 6.07) is 9.65. The van der Waals surface area contributed by atoms with E-state index in [-0.39, 0.29) is 29.8 Å². The molecule has 0 aliphatic heterocycles. The molecule has 25 heavy (non-hydrogen) atoms. The topological polar surface area (TPSA) is 58.5 Å². The van der Waals surface area contributed by atoms with Crippen LogP contribution in [0.1, 0.15) is 25.3 Å². The second kappa shape index (κ2) is 11.6. The van der Waals surface area contributed by atoms with E-state index in [1.165, 1.54) is 12.1 Å². The summed E-state index contributed by atoms with van der Waals surface area (Å²) >= 11 is 0. The summed E-state index contributed by atoms with van der Waals surface area (Å²) in [5, 5.41) is 6.48. The van der Waals surface area contributed by atoms with Gasteiger partial charge >= 0.3 is 0 Å². The molecule has 1 aromatic carbocycles. The molecule has 0 aliphatic carbocycles. The highest BCUT2D eigenvalue weighted by molar-refractivity contribution is 14.0. The number of aliphatic imine (C=N–C) groups is 1. The van der Waals surface area contributed by atoms with Crippen LogP contribution in [-0.4, -0.2) is 24.5 Å². The van der Waals surface area contributed by atoms with Gasteiger partial charge in [0.1, 0.15) is 11.6 Å². The molecule has 5 nitrogen and oxygen atoms in total. The Morgan fingerprint density at radius 3 is 2.72 bits per heavy atom. The Morgan fingerprint density at radius 2 is 2.08 bits per heavy atom. The van der Waals surface area contributed by atoms with Gasteiger partial charge in [-0.2, -0.15) is 0 Å². The molecular weight excluding hydrogens is 434 g/mol. The summed E-state index contributed by atoms with van der Waals surface area (Å²) in [6.07, 6.45) is 3.97. The highest BCUT2D eigenvalue weighted by Crippen LogP contribution is 2.19. The Hall–Kier alpha value is -1.90. The molecule has 0 atom stereocenters. The van der Waals surface area contributed by atoms with Gasteiger partial charge in [-0.25, -0.2) is 9.37 Å². The molecule has 0 unspecified atom stereocenters. The first kappa shape index (κ1) is 21.1. The predicted molar refractivity (Wildman–Crippen MR) is 109 cm³/mol. The van der Waals surface area contributed by atoms with Crippen molar-refractivity contribution in [3.05, 3.63) is 54.0 Å². The van der Waals surface area contributed by atoms with Crippen LogP contribution in [0, 0.1) is 5.82 Å². The normalized spacial score (nSPS) is 10.8. The van der Waals surface area contributed by atoms with Crippen LogP contribution >= 0.6 is 24.0 Å². The van der Waals surface area contributed by atoms with E-state index in [0.29, 0.717) is 18.2 Å². The van der Waals surface area contributed by atoms with Gasteiger partial charge in [-0.1, -0.05) is 25.5 Å². The number of nitrogens with one attached hydrogen (secondary N) is 2. The van der Waals surface area contributed by atoms with Crippen molar-refractivity contribution in [2.24, 2.45) is 4.99 Å². The Morgan fingerprint density at radius 1 is 1.24 bits per heavy atom. The van der Waals surface area contributed by atoms with Crippen molar-refractivity contribution >= 4 is 29.9 Å². The highest BCUT2D eigenvalue weighted by atomic mass is 127.